The Balaban J connectivity index is 1.87. The molecule has 0 amide bonds. The fraction of sp³-hybridized carbons (Fsp3) is 0.312. The highest BCUT2D eigenvalue weighted by molar-refractivity contribution is 8.15. The van der Waals surface area contributed by atoms with Crippen LogP contribution in [0.1, 0.15) is 36.4 Å². The normalized spacial score (nSPS) is 17.1. The van der Waals surface area contributed by atoms with Crippen LogP contribution in [-0.4, -0.2) is 43.2 Å². The molecule has 0 aliphatic carbocycles. The molecule has 1 unspecified atom stereocenters. The Morgan fingerprint density at radius 1 is 1.40 bits per heavy atom. The monoisotopic (exact) mass is 356 g/mol. The van der Waals surface area contributed by atoms with E-state index >= 15 is 0 Å². The zero-order valence-electron chi connectivity index (χ0n) is 13.9. The molecule has 3 aromatic rings. The molecule has 1 aliphatic heterocycles. The van der Waals surface area contributed by atoms with Crippen LogP contribution in [0.5, 0.6) is 5.75 Å². The zero-order valence-corrected chi connectivity index (χ0v) is 14.7. The maximum Gasteiger partial charge on any atom is 0.232 e. The summed E-state index contributed by atoms with van der Waals surface area (Å²) >= 11 is 1.19. The van der Waals surface area contributed by atoms with Gasteiger partial charge in [0, 0.05) is 17.3 Å². The second-order valence-electron chi connectivity index (χ2n) is 5.95. The third-order valence-electron chi connectivity index (χ3n) is 4.04. The number of fused-ring (bicyclic) bond motifs is 1. The molecule has 8 nitrogen and oxygen atoms in total. The number of aromatic nitrogens is 5. The zero-order chi connectivity index (χ0) is 17.6. The summed E-state index contributed by atoms with van der Waals surface area (Å²) in [6, 6.07) is 1.89. The Morgan fingerprint density at radius 3 is 2.92 bits per heavy atom. The van der Waals surface area contributed by atoms with E-state index in [0.717, 1.165) is 22.5 Å². The molecule has 128 valence electrons. The molecule has 0 fully saturated rings. The van der Waals surface area contributed by atoms with E-state index in [9.17, 15) is 4.79 Å². The Labute approximate surface area is 147 Å². The minimum Gasteiger partial charge on any atom is -0.493 e. The number of carbonyl (C=O) groups is 1. The van der Waals surface area contributed by atoms with Crippen LogP contribution in [0.3, 0.4) is 0 Å². The largest absolute Gasteiger partial charge is 0.493 e. The number of methoxy groups -OCH3 is 1. The number of rotatable bonds is 4. The van der Waals surface area contributed by atoms with Crippen LogP contribution in [0.25, 0.3) is 16.9 Å². The van der Waals surface area contributed by atoms with Gasteiger partial charge in [-0.15, -0.1) is 0 Å². The number of hydrogen-bond donors (Lipinski definition) is 1. The van der Waals surface area contributed by atoms with Crippen molar-refractivity contribution < 1.29 is 9.53 Å². The highest BCUT2D eigenvalue weighted by Gasteiger charge is 2.28. The molecule has 1 N–H and O–H groups in total. The SMILES string of the molecule is COc1cc(-c2n[nH]c(C3N=CC(=O)S3)c2C(C)C)cn2ncnc12. The maximum atomic E-state index is 11.5. The summed E-state index contributed by atoms with van der Waals surface area (Å²) in [5.41, 5.74) is 4.20. The van der Waals surface area contributed by atoms with E-state index < -0.39 is 0 Å². The standard InChI is InChI=1S/C16H16N6O2S/c1-8(2)12-13(20-21-14(12)16-17-5-11(23)25-16)9-4-10(24-3)15-18-7-19-22(15)6-9/h4-8,16H,1-3H3,(H,20,21). The number of aromatic amines is 1. The van der Waals surface area contributed by atoms with Crippen LogP contribution >= 0.6 is 11.8 Å². The van der Waals surface area contributed by atoms with Gasteiger partial charge in [0.2, 0.25) is 5.12 Å². The van der Waals surface area contributed by atoms with Crippen LogP contribution in [-0.2, 0) is 4.79 Å². The number of ether oxygens (including phenoxy) is 1. The predicted octanol–water partition coefficient (Wildman–Crippen LogP) is 2.59. The Morgan fingerprint density at radius 2 is 2.24 bits per heavy atom. The third kappa shape index (κ3) is 2.60. The van der Waals surface area contributed by atoms with Gasteiger partial charge >= 0.3 is 0 Å². The molecule has 3 aromatic heterocycles. The van der Waals surface area contributed by atoms with Crippen LogP contribution in [0.15, 0.2) is 23.6 Å². The smallest absolute Gasteiger partial charge is 0.232 e. The van der Waals surface area contributed by atoms with Gasteiger partial charge in [-0.05, 0) is 23.7 Å². The molecule has 25 heavy (non-hydrogen) atoms. The molecule has 0 saturated carbocycles. The summed E-state index contributed by atoms with van der Waals surface area (Å²) in [7, 11) is 1.60. The Bertz CT molecular complexity index is 990. The average molecular weight is 356 g/mol. The average Bonchev–Trinajstić information content (AvgIpc) is 3.31. The lowest BCUT2D eigenvalue weighted by Crippen LogP contribution is -1.99. The second-order valence-corrected chi connectivity index (χ2v) is 7.03. The van der Waals surface area contributed by atoms with Gasteiger partial charge in [-0.25, -0.2) is 9.50 Å². The summed E-state index contributed by atoms with van der Waals surface area (Å²) in [4.78, 5) is 20.0. The molecule has 1 atom stereocenters. The summed E-state index contributed by atoms with van der Waals surface area (Å²) in [6.45, 7) is 4.18. The lowest BCUT2D eigenvalue weighted by molar-refractivity contribution is -0.105. The van der Waals surface area contributed by atoms with Gasteiger partial charge in [-0.1, -0.05) is 13.8 Å². The second kappa shape index (κ2) is 5.99. The highest BCUT2D eigenvalue weighted by Crippen LogP contribution is 2.41. The number of hydrogen-bond acceptors (Lipinski definition) is 7. The van der Waals surface area contributed by atoms with E-state index in [1.807, 2.05) is 12.3 Å². The number of H-pyrrole nitrogens is 1. The van der Waals surface area contributed by atoms with Gasteiger partial charge in [0.05, 0.1) is 24.7 Å². The van der Waals surface area contributed by atoms with Crippen LogP contribution in [0.4, 0.5) is 0 Å². The summed E-state index contributed by atoms with van der Waals surface area (Å²) < 4.78 is 7.10. The Kier molecular flexibility index (Phi) is 3.79. The maximum absolute atomic E-state index is 11.5. The minimum atomic E-state index is -0.275. The number of nitrogens with zero attached hydrogens (tertiary/aromatic N) is 5. The van der Waals surface area contributed by atoms with Crippen LogP contribution < -0.4 is 4.74 Å². The number of aliphatic imine (C=N–C) groups is 1. The van der Waals surface area contributed by atoms with Crippen molar-refractivity contribution in [2.75, 3.05) is 7.11 Å². The van der Waals surface area contributed by atoms with Crippen molar-refractivity contribution in [2.24, 2.45) is 4.99 Å². The summed E-state index contributed by atoms with van der Waals surface area (Å²) in [5.74, 6) is 0.824. The van der Waals surface area contributed by atoms with Crippen molar-refractivity contribution in [2.45, 2.75) is 25.1 Å². The van der Waals surface area contributed by atoms with Crippen molar-refractivity contribution in [1.82, 2.24) is 24.8 Å². The first kappa shape index (κ1) is 15.8. The molecule has 4 heterocycles. The van der Waals surface area contributed by atoms with E-state index in [1.165, 1.54) is 24.3 Å². The summed E-state index contributed by atoms with van der Waals surface area (Å²) in [6.07, 6.45) is 4.72. The fourth-order valence-electron chi connectivity index (χ4n) is 2.97. The van der Waals surface area contributed by atoms with Gasteiger partial charge in [-0.3, -0.25) is 14.9 Å². The first-order valence-corrected chi connectivity index (χ1v) is 8.66. The fourth-order valence-corrected chi connectivity index (χ4v) is 3.73. The van der Waals surface area contributed by atoms with Crippen molar-refractivity contribution in [3.63, 3.8) is 0 Å². The predicted molar refractivity (Wildman–Crippen MR) is 95.0 cm³/mol. The third-order valence-corrected chi connectivity index (χ3v) is 4.95. The van der Waals surface area contributed by atoms with Gasteiger partial charge in [0.15, 0.2) is 11.4 Å². The van der Waals surface area contributed by atoms with E-state index in [-0.39, 0.29) is 16.4 Å². The molecule has 0 spiro atoms. The molecule has 9 heteroatoms. The van der Waals surface area contributed by atoms with Gasteiger partial charge < -0.3 is 4.74 Å². The highest BCUT2D eigenvalue weighted by atomic mass is 32.2. The van der Waals surface area contributed by atoms with Gasteiger partial charge in [0.1, 0.15) is 11.7 Å². The number of thioether (sulfide) groups is 1. The molecule has 0 saturated heterocycles. The van der Waals surface area contributed by atoms with Crippen molar-refractivity contribution in [3.8, 4) is 17.0 Å². The molecule has 0 bridgehead atoms. The van der Waals surface area contributed by atoms with Gasteiger partial charge in [-0.2, -0.15) is 10.2 Å². The Hall–Kier alpha value is -2.68. The molecule has 0 aromatic carbocycles. The lowest BCUT2D eigenvalue weighted by atomic mass is 9.97. The first-order chi connectivity index (χ1) is 12.1. The van der Waals surface area contributed by atoms with E-state index in [1.54, 1.807) is 11.6 Å². The topological polar surface area (TPSA) is 97.5 Å². The van der Waals surface area contributed by atoms with Crippen molar-refractivity contribution in [3.05, 3.63) is 29.8 Å². The number of nitrogens with one attached hydrogen (secondary N) is 1. The molecule has 4 rings (SSSR count). The van der Waals surface area contributed by atoms with E-state index in [4.69, 9.17) is 4.74 Å². The quantitative estimate of drug-likeness (QED) is 0.772. The lowest BCUT2D eigenvalue weighted by Gasteiger charge is -2.12. The minimum absolute atomic E-state index is 0.0402. The number of pyridine rings is 1. The van der Waals surface area contributed by atoms with Crippen molar-refractivity contribution in [1.29, 1.82) is 0 Å². The number of carbonyl (C=O) groups excluding carboxylic acids is 1. The van der Waals surface area contributed by atoms with E-state index in [2.05, 4.69) is 39.1 Å². The molecule has 1 aliphatic rings. The molecule has 0 radical (unpaired) electrons. The van der Waals surface area contributed by atoms with Crippen molar-refractivity contribution >= 4 is 28.7 Å². The molecular formula is C16H16N6O2S. The molecular weight excluding hydrogens is 340 g/mol. The summed E-state index contributed by atoms with van der Waals surface area (Å²) in [5, 5.41) is 11.5. The first-order valence-electron chi connectivity index (χ1n) is 7.78. The van der Waals surface area contributed by atoms with Crippen LogP contribution in [0, 0.1) is 0 Å². The van der Waals surface area contributed by atoms with Crippen LogP contribution in [0.2, 0.25) is 0 Å². The van der Waals surface area contributed by atoms with E-state index in [0.29, 0.717) is 11.4 Å². The van der Waals surface area contributed by atoms with Gasteiger partial charge in [0.25, 0.3) is 0 Å².